The van der Waals surface area contributed by atoms with Crippen molar-refractivity contribution in [3.8, 4) is 0 Å². The van der Waals surface area contributed by atoms with Crippen molar-refractivity contribution in [2.75, 3.05) is 0 Å². The third-order valence-electron chi connectivity index (χ3n) is 3.23. The number of para-hydroxylation sites is 2. The predicted octanol–water partition coefficient (Wildman–Crippen LogP) is -1.73. The first-order chi connectivity index (χ1) is 9.29. The number of hydrogen-bond donors (Lipinski definition) is 2. The van der Waals surface area contributed by atoms with E-state index in [9.17, 15) is 4.79 Å². The molecule has 1 amide bonds. The molecule has 2 aromatic carbocycles. The van der Waals surface area contributed by atoms with Crippen molar-refractivity contribution in [2.24, 2.45) is 5.84 Å². The van der Waals surface area contributed by atoms with Crippen LogP contribution in [0, 0.1) is 0 Å². The van der Waals surface area contributed by atoms with Gasteiger partial charge in [-0.2, -0.15) is 4.57 Å². The third-order valence-corrected chi connectivity index (χ3v) is 3.23. The van der Waals surface area contributed by atoms with Crippen LogP contribution in [-0.4, -0.2) is 5.91 Å². The van der Waals surface area contributed by atoms with Gasteiger partial charge in [-0.3, -0.25) is 10.2 Å². The standard InChI is InChI=1S/C15H13N3O.BrH/c16-17-15(19)10-18-13-7-3-1-5-11(13)9-12-6-2-4-8-14(12)18;/h1-9H,10,16H2;1H. The van der Waals surface area contributed by atoms with Crippen molar-refractivity contribution in [1.82, 2.24) is 5.43 Å². The lowest BCUT2D eigenvalue weighted by molar-refractivity contribution is -0.632. The van der Waals surface area contributed by atoms with Crippen LogP contribution in [0.25, 0.3) is 21.8 Å². The Morgan fingerprint density at radius 2 is 1.50 bits per heavy atom. The van der Waals surface area contributed by atoms with Crippen molar-refractivity contribution in [2.45, 2.75) is 6.54 Å². The van der Waals surface area contributed by atoms with Gasteiger partial charge in [0, 0.05) is 22.9 Å². The molecular weight excluding hydrogens is 318 g/mol. The lowest BCUT2D eigenvalue weighted by atomic mass is 10.1. The Bertz CT molecular complexity index is 719. The second-order valence-electron chi connectivity index (χ2n) is 4.42. The van der Waals surface area contributed by atoms with Crippen molar-refractivity contribution in [3.63, 3.8) is 0 Å². The topological polar surface area (TPSA) is 59.0 Å². The van der Waals surface area contributed by atoms with Crippen LogP contribution in [0.4, 0.5) is 0 Å². The Kier molecular flexibility index (Phi) is 4.32. The molecule has 1 aromatic heterocycles. The molecule has 0 atom stereocenters. The minimum Gasteiger partial charge on any atom is -1.00 e. The first-order valence-electron chi connectivity index (χ1n) is 6.09. The number of carbonyl (C=O) groups is 1. The zero-order valence-electron chi connectivity index (χ0n) is 10.7. The quantitative estimate of drug-likeness (QED) is 0.193. The first kappa shape index (κ1) is 14.4. The van der Waals surface area contributed by atoms with E-state index in [2.05, 4.69) is 11.5 Å². The van der Waals surface area contributed by atoms with Gasteiger partial charge in [0.2, 0.25) is 17.6 Å². The average molecular weight is 332 g/mol. The highest BCUT2D eigenvalue weighted by Crippen LogP contribution is 2.17. The van der Waals surface area contributed by atoms with Gasteiger partial charge in [-0.25, -0.2) is 5.84 Å². The number of hydrogen-bond acceptors (Lipinski definition) is 2. The number of halogens is 1. The molecule has 1 heterocycles. The van der Waals surface area contributed by atoms with E-state index in [-0.39, 0.29) is 29.4 Å². The number of nitrogens with one attached hydrogen (secondary N) is 1. The maximum atomic E-state index is 11.6. The van der Waals surface area contributed by atoms with Crippen LogP contribution >= 0.6 is 0 Å². The van der Waals surface area contributed by atoms with E-state index in [0.29, 0.717) is 0 Å². The molecule has 3 rings (SSSR count). The van der Waals surface area contributed by atoms with E-state index in [1.54, 1.807) is 0 Å². The second-order valence-corrected chi connectivity index (χ2v) is 4.42. The molecule has 0 fully saturated rings. The Morgan fingerprint density at radius 1 is 1.00 bits per heavy atom. The van der Waals surface area contributed by atoms with E-state index in [0.717, 1.165) is 21.8 Å². The Hall–Kier alpha value is -1.98. The Labute approximate surface area is 126 Å². The number of nitrogens with zero attached hydrogens (tertiary/aromatic N) is 1. The van der Waals surface area contributed by atoms with Crippen LogP contribution in [0.1, 0.15) is 0 Å². The summed E-state index contributed by atoms with van der Waals surface area (Å²) in [4.78, 5) is 11.6. The minimum absolute atomic E-state index is 0. The fourth-order valence-corrected chi connectivity index (χ4v) is 2.37. The summed E-state index contributed by atoms with van der Waals surface area (Å²) < 4.78 is 1.98. The van der Waals surface area contributed by atoms with E-state index in [1.807, 2.05) is 53.1 Å². The molecule has 20 heavy (non-hydrogen) atoms. The highest BCUT2D eigenvalue weighted by molar-refractivity contribution is 5.89. The molecular formula is C15H14BrN3O. The molecule has 3 aromatic rings. The second kappa shape index (κ2) is 5.98. The molecule has 0 saturated carbocycles. The third kappa shape index (κ3) is 2.50. The molecule has 0 spiro atoms. The van der Waals surface area contributed by atoms with E-state index < -0.39 is 0 Å². The number of rotatable bonds is 2. The molecule has 0 saturated heterocycles. The molecule has 5 heteroatoms. The van der Waals surface area contributed by atoms with Crippen molar-refractivity contribution >= 4 is 27.7 Å². The summed E-state index contributed by atoms with van der Waals surface area (Å²) in [5, 5.41) is 2.21. The summed E-state index contributed by atoms with van der Waals surface area (Å²) in [7, 11) is 0. The van der Waals surface area contributed by atoms with Gasteiger partial charge >= 0.3 is 0 Å². The number of benzene rings is 2. The number of fused-ring (bicyclic) bond motifs is 2. The zero-order valence-corrected chi connectivity index (χ0v) is 12.3. The molecule has 4 nitrogen and oxygen atoms in total. The van der Waals surface area contributed by atoms with E-state index in [1.165, 1.54) is 0 Å². The molecule has 0 radical (unpaired) electrons. The summed E-state index contributed by atoms with van der Waals surface area (Å²) in [5.41, 5.74) is 4.22. The number of amides is 1. The molecule has 102 valence electrons. The SMILES string of the molecule is NNC(=O)C[n+]1c2ccccc2cc2ccccc21.[Br-]. The summed E-state index contributed by atoms with van der Waals surface area (Å²) >= 11 is 0. The van der Waals surface area contributed by atoms with Gasteiger partial charge in [-0.15, -0.1) is 0 Å². The van der Waals surface area contributed by atoms with Crippen molar-refractivity contribution in [3.05, 3.63) is 54.6 Å². The first-order valence-corrected chi connectivity index (χ1v) is 6.09. The van der Waals surface area contributed by atoms with Gasteiger partial charge in [-0.1, -0.05) is 24.3 Å². The zero-order chi connectivity index (χ0) is 13.2. The average Bonchev–Trinajstić information content (AvgIpc) is 2.46. The molecule has 0 unspecified atom stereocenters. The number of aromatic nitrogens is 1. The highest BCUT2D eigenvalue weighted by Gasteiger charge is 2.17. The minimum atomic E-state index is -0.216. The van der Waals surface area contributed by atoms with Gasteiger partial charge in [0.1, 0.15) is 0 Å². The number of hydrazine groups is 1. The van der Waals surface area contributed by atoms with Crippen molar-refractivity contribution < 1.29 is 26.3 Å². The van der Waals surface area contributed by atoms with Crippen LogP contribution in [0.5, 0.6) is 0 Å². The smallest absolute Gasteiger partial charge is 0.299 e. The summed E-state index contributed by atoms with van der Waals surface area (Å²) in [6.45, 7) is 0.207. The molecule has 0 aliphatic rings. The van der Waals surface area contributed by atoms with Crippen molar-refractivity contribution in [1.29, 1.82) is 0 Å². The number of pyridine rings is 1. The van der Waals surface area contributed by atoms with Crippen LogP contribution < -0.4 is 32.8 Å². The van der Waals surface area contributed by atoms with Gasteiger partial charge < -0.3 is 17.0 Å². The predicted molar refractivity (Wildman–Crippen MR) is 74.0 cm³/mol. The maximum Gasteiger partial charge on any atom is 0.299 e. The van der Waals surface area contributed by atoms with E-state index >= 15 is 0 Å². The summed E-state index contributed by atoms with van der Waals surface area (Å²) in [5.74, 6) is 4.98. The fourth-order valence-electron chi connectivity index (χ4n) is 2.37. The molecule has 0 aliphatic carbocycles. The number of carbonyl (C=O) groups excluding carboxylic acids is 1. The van der Waals surface area contributed by atoms with Crippen LogP contribution in [0.2, 0.25) is 0 Å². The van der Waals surface area contributed by atoms with Crippen LogP contribution in [0.3, 0.4) is 0 Å². The molecule has 0 aliphatic heterocycles. The molecule has 3 N–H and O–H groups in total. The van der Waals surface area contributed by atoms with Crippen LogP contribution in [-0.2, 0) is 11.3 Å². The lowest BCUT2D eigenvalue weighted by Gasteiger charge is -2.05. The molecule has 0 bridgehead atoms. The number of nitrogens with two attached hydrogens (primary N) is 1. The van der Waals surface area contributed by atoms with Gasteiger partial charge in [0.25, 0.3) is 5.91 Å². The largest absolute Gasteiger partial charge is 1.00 e. The van der Waals surface area contributed by atoms with Gasteiger partial charge in [0.05, 0.1) is 0 Å². The lowest BCUT2D eigenvalue weighted by Crippen LogP contribution is -3.00. The van der Waals surface area contributed by atoms with E-state index in [4.69, 9.17) is 5.84 Å². The Balaban J connectivity index is 0.00000147. The highest BCUT2D eigenvalue weighted by atomic mass is 79.9. The summed E-state index contributed by atoms with van der Waals surface area (Å²) in [6.07, 6.45) is 0. The monoisotopic (exact) mass is 331 g/mol. The van der Waals surface area contributed by atoms with Gasteiger partial charge in [0.15, 0.2) is 0 Å². The van der Waals surface area contributed by atoms with Gasteiger partial charge in [-0.05, 0) is 18.2 Å². The fraction of sp³-hybridized carbons (Fsp3) is 0.0667. The normalized spacial score (nSPS) is 10.2. The summed E-state index contributed by atoms with van der Waals surface area (Å²) in [6, 6.07) is 18.1. The Morgan fingerprint density at radius 3 is 2.00 bits per heavy atom. The maximum absolute atomic E-state index is 11.6. The van der Waals surface area contributed by atoms with Crippen LogP contribution in [0.15, 0.2) is 54.6 Å².